The Balaban J connectivity index is 4.03. The molecule has 4 N–H and O–H groups in total. The summed E-state index contributed by atoms with van der Waals surface area (Å²) < 4.78 is 17.8. The van der Waals surface area contributed by atoms with Gasteiger partial charge in [0.2, 0.25) is 0 Å². The number of hydrogen-bond donors (Lipinski definition) is 2. The van der Waals surface area contributed by atoms with E-state index in [1.54, 1.807) is 0 Å². The van der Waals surface area contributed by atoms with Crippen LogP contribution in [0.1, 0.15) is 75.2 Å². The van der Waals surface area contributed by atoms with E-state index < -0.39 is 0 Å². The van der Waals surface area contributed by atoms with E-state index in [9.17, 15) is 0 Å². The molecule has 0 saturated heterocycles. The van der Waals surface area contributed by atoms with Crippen molar-refractivity contribution in [2.75, 3.05) is 19.8 Å². The SMILES string of the molecule is CC(N)CC(C)(C)OC(C)CC(C)C(C)OCCOCC(C)C(C)(C)N. The maximum Gasteiger partial charge on any atom is 0.0704 e. The summed E-state index contributed by atoms with van der Waals surface area (Å²) in [6.07, 6.45) is 2.16. The summed E-state index contributed by atoms with van der Waals surface area (Å²) in [6.45, 7) is 20.7. The molecule has 0 aliphatic heterocycles. The van der Waals surface area contributed by atoms with Crippen molar-refractivity contribution in [3.05, 3.63) is 0 Å². The first-order valence-electron chi connectivity index (χ1n) is 10.2. The van der Waals surface area contributed by atoms with Gasteiger partial charge in [-0.15, -0.1) is 0 Å². The normalized spacial score (nSPS) is 19.0. The zero-order valence-corrected chi connectivity index (χ0v) is 18.8. The first-order valence-corrected chi connectivity index (χ1v) is 10.2. The third kappa shape index (κ3) is 12.2. The smallest absolute Gasteiger partial charge is 0.0704 e. The molecule has 5 heteroatoms. The maximum atomic E-state index is 6.20. The third-order valence-corrected chi connectivity index (χ3v) is 5.09. The van der Waals surface area contributed by atoms with Gasteiger partial charge in [-0.25, -0.2) is 0 Å². The van der Waals surface area contributed by atoms with E-state index in [2.05, 4.69) is 41.5 Å². The molecule has 0 amide bonds. The molecule has 5 nitrogen and oxygen atoms in total. The predicted octanol–water partition coefficient (Wildman–Crippen LogP) is 3.73. The molecule has 0 aliphatic carbocycles. The third-order valence-electron chi connectivity index (χ3n) is 5.09. The van der Waals surface area contributed by atoms with Crippen LogP contribution in [0.4, 0.5) is 0 Å². The van der Waals surface area contributed by atoms with Gasteiger partial charge in [0.25, 0.3) is 0 Å². The lowest BCUT2D eigenvalue weighted by Gasteiger charge is -2.32. The summed E-state index contributed by atoms with van der Waals surface area (Å²) in [5.74, 6) is 0.731. The van der Waals surface area contributed by atoms with Crippen LogP contribution in [0.5, 0.6) is 0 Å². The molecule has 0 bridgehead atoms. The van der Waals surface area contributed by atoms with Crippen LogP contribution in [-0.2, 0) is 14.2 Å². The average Bonchev–Trinajstić information content (AvgIpc) is 2.42. The van der Waals surface area contributed by atoms with E-state index in [-0.39, 0.29) is 29.4 Å². The zero-order chi connectivity index (χ0) is 20.5. The number of rotatable bonds is 14. The lowest BCUT2D eigenvalue weighted by atomic mass is 9.91. The van der Waals surface area contributed by atoms with E-state index >= 15 is 0 Å². The molecule has 0 aromatic rings. The molecule has 0 radical (unpaired) electrons. The maximum absolute atomic E-state index is 6.20. The van der Waals surface area contributed by atoms with Crippen molar-refractivity contribution in [2.45, 2.75) is 105 Å². The van der Waals surface area contributed by atoms with Crippen molar-refractivity contribution in [3.63, 3.8) is 0 Å². The molecule has 0 spiro atoms. The Morgan fingerprint density at radius 2 is 1.50 bits per heavy atom. The van der Waals surface area contributed by atoms with Crippen LogP contribution < -0.4 is 11.5 Å². The fourth-order valence-corrected chi connectivity index (χ4v) is 3.06. The highest BCUT2D eigenvalue weighted by molar-refractivity contribution is 4.78. The topological polar surface area (TPSA) is 79.7 Å². The molecule has 5 unspecified atom stereocenters. The predicted molar refractivity (Wildman–Crippen MR) is 110 cm³/mol. The fraction of sp³-hybridized carbons (Fsp3) is 1.00. The van der Waals surface area contributed by atoms with Gasteiger partial charge in [-0.2, -0.15) is 0 Å². The van der Waals surface area contributed by atoms with E-state index in [1.807, 2.05) is 20.8 Å². The Morgan fingerprint density at radius 3 is 2.00 bits per heavy atom. The van der Waals surface area contributed by atoms with E-state index in [0.29, 0.717) is 31.7 Å². The van der Waals surface area contributed by atoms with Crippen LogP contribution in [0.15, 0.2) is 0 Å². The van der Waals surface area contributed by atoms with Gasteiger partial charge in [0.15, 0.2) is 0 Å². The van der Waals surface area contributed by atoms with Gasteiger partial charge in [0.1, 0.15) is 0 Å². The van der Waals surface area contributed by atoms with E-state index in [1.165, 1.54) is 0 Å². The minimum absolute atomic E-state index is 0.143. The van der Waals surface area contributed by atoms with Crippen molar-refractivity contribution in [1.82, 2.24) is 0 Å². The molecule has 0 aromatic heterocycles. The Labute approximate surface area is 162 Å². The quantitative estimate of drug-likeness (QED) is 0.453. The second-order valence-electron chi connectivity index (χ2n) is 9.46. The molecule has 5 atom stereocenters. The minimum Gasteiger partial charge on any atom is -0.379 e. The van der Waals surface area contributed by atoms with Gasteiger partial charge in [-0.05, 0) is 73.1 Å². The van der Waals surface area contributed by atoms with Crippen LogP contribution in [0.3, 0.4) is 0 Å². The Bertz CT molecular complexity index is 367. The van der Waals surface area contributed by atoms with Crippen LogP contribution in [0.25, 0.3) is 0 Å². The minimum atomic E-state index is -0.214. The van der Waals surface area contributed by atoms with Crippen LogP contribution >= 0.6 is 0 Å². The summed E-state index contributed by atoms with van der Waals surface area (Å²) in [7, 11) is 0. The van der Waals surface area contributed by atoms with Gasteiger partial charge in [0, 0.05) is 11.6 Å². The van der Waals surface area contributed by atoms with Crippen molar-refractivity contribution < 1.29 is 14.2 Å². The Morgan fingerprint density at radius 1 is 0.923 bits per heavy atom. The molecule has 0 heterocycles. The van der Waals surface area contributed by atoms with Gasteiger partial charge in [-0.1, -0.05) is 13.8 Å². The standard InChI is InChI=1S/C21H46N2O3/c1-15(12-18(4)26-20(6,7)13-17(3)22)19(5)25-11-10-24-14-16(2)21(8,9)23/h15-19H,10-14,22-23H2,1-9H3. The van der Waals surface area contributed by atoms with Crippen molar-refractivity contribution in [2.24, 2.45) is 23.3 Å². The number of ether oxygens (including phenoxy) is 3. The molecule has 0 fully saturated rings. The molecule has 0 aliphatic rings. The summed E-state index contributed by atoms with van der Waals surface area (Å²) in [4.78, 5) is 0. The molecular weight excluding hydrogens is 328 g/mol. The van der Waals surface area contributed by atoms with Crippen LogP contribution in [-0.4, -0.2) is 49.2 Å². The molecule has 0 saturated carbocycles. The van der Waals surface area contributed by atoms with Gasteiger partial charge < -0.3 is 25.7 Å². The van der Waals surface area contributed by atoms with Crippen molar-refractivity contribution in [3.8, 4) is 0 Å². The summed E-state index contributed by atoms with van der Waals surface area (Å²) in [5, 5.41) is 0. The summed E-state index contributed by atoms with van der Waals surface area (Å²) >= 11 is 0. The Kier molecular flexibility index (Phi) is 11.5. The van der Waals surface area contributed by atoms with Gasteiger partial charge >= 0.3 is 0 Å². The highest BCUT2D eigenvalue weighted by Crippen LogP contribution is 2.23. The lowest BCUT2D eigenvalue weighted by molar-refractivity contribution is -0.0882. The summed E-state index contributed by atoms with van der Waals surface area (Å²) in [6, 6.07) is 0.143. The molecular formula is C21H46N2O3. The Hall–Kier alpha value is -0.200. The first-order chi connectivity index (χ1) is 11.7. The number of hydrogen-bond acceptors (Lipinski definition) is 5. The van der Waals surface area contributed by atoms with Gasteiger partial charge in [0.05, 0.1) is 37.6 Å². The highest BCUT2D eigenvalue weighted by Gasteiger charge is 2.25. The van der Waals surface area contributed by atoms with Crippen molar-refractivity contribution >= 4 is 0 Å². The van der Waals surface area contributed by atoms with Crippen LogP contribution in [0, 0.1) is 11.8 Å². The van der Waals surface area contributed by atoms with E-state index in [0.717, 1.165) is 12.8 Å². The van der Waals surface area contributed by atoms with Crippen molar-refractivity contribution in [1.29, 1.82) is 0 Å². The average molecular weight is 375 g/mol. The lowest BCUT2D eigenvalue weighted by Crippen LogP contribution is -2.41. The van der Waals surface area contributed by atoms with E-state index in [4.69, 9.17) is 25.7 Å². The zero-order valence-electron chi connectivity index (χ0n) is 18.8. The molecule has 0 rings (SSSR count). The largest absolute Gasteiger partial charge is 0.379 e. The second-order valence-corrected chi connectivity index (χ2v) is 9.46. The van der Waals surface area contributed by atoms with Crippen LogP contribution in [0.2, 0.25) is 0 Å². The van der Waals surface area contributed by atoms with Gasteiger partial charge in [-0.3, -0.25) is 0 Å². The fourth-order valence-electron chi connectivity index (χ4n) is 3.06. The molecule has 26 heavy (non-hydrogen) atoms. The first kappa shape index (κ1) is 25.8. The number of nitrogens with two attached hydrogens (primary N) is 2. The monoisotopic (exact) mass is 374 g/mol. The molecule has 0 aromatic carbocycles. The summed E-state index contributed by atoms with van der Waals surface area (Å²) in [5.41, 5.74) is 11.6. The highest BCUT2D eigenvalue weighted by atomic mass is 16.5. The molecule has 158 valence electrons. The second kappa shape index (κ2) is 11.6.